The van der Waals surface area contributed by atoms with E-state index in [4.69, 9.17) is 4.42 Å². The van der Waals surface area contributed by atoms with Gasteiger partial charge < -0.3 is 14.2 Å². The normalized spacial score (nSPS) is 13.0. The van der Waals surface area contributed by atoms with Crippen molar-refractivity contribution in [1.29, 1.82) is 0 Å². The van der Waals surface area contributed by atoms with Crippen LogP contribution in [0.15, 0.2) is 192 Å². The van der Waals surface area contributed by atoms with Gasteiger partial charge in [0, 0.05) is 44.6 Å². The molecule has 0 N–H and O–H groups in total. The first-order valence-electron chi connectivity index (χ1n) is 19.8. The molecule has 1 aliphatic rings. The molecular weight excluding hydrogens is 693 g/mol. The molecule has 0 atom stereocenters. The molecule has 0 saturated heterocycles. The summed E-state index contributed by atoms with van der Waals surface area (Å²) in [6.07, 6.45) is 0. The average Bonchev–Trinajstić information content (AvgIpc) is 3.64. The van der Waals surface area contributed by atoms with E-state index in [1.165, 1.54) is 49.4 Å². The Hall–Kier alpha value is -7.10. The summed E-state index contributed by atoms with van der Waals surface area (Å²) in [4.78, 5) is 4.71. The maximum atomic E-state index is 6.63. The smallest absolute Gasteiger partial charge is 0.159 e. The predicted molar refractivity (Wildman–Crippen MR) is 240 cm³/mol. The zero-order chi connectivity index (χ0) is 38.3. The summed E-state index contributed by atoms with van der Waals surface area (Å²) >= 11 is 0. The summed E-state index contributed by atoms with van der Waals surface area (Å²) in [7, 11) is 0. The van der Waals surface area contributed by atoms with E-state index in [2.05, 4.69) is 213 Å². The Morgan fingerprint density at radius 1 is 0.421 bits per heavy atom. The van der Waals surface area contributed by atoms with E-state index in [-0.39, 0.29) is 5.41 Å². The molecule has 0 bridgehead atoms. The third kappa shape index (κ3) is 5.05. The first-order valence-corrected chi connectivity index (χ1v) is 19.8. The maximum absolute atomic E-state index is 6.63. The minimum Gasteiger partial charge on any atom is -0.454 e. The number of furan rings is 1. The molecular formula is C54H40N2O. The van der Waals surface area contributed by atoms with Crippen LogP contribution in [0.4, 0.5) is 34.1 Å². The summed E-state index contributed by atoms with van der Waals surface area (Å²) in [6.45, 7) is 7.10. The van der Waals surface area contributed by atoms with E-state index in [0.717, 1.165) is 56.1 Å². The van der Waals surface area contributed by atoms with Gasteiger partial charge in [0.15, 0.2) is 5.58 Å². The first-order chi connectivity index (χ1) is 28.0. The van der Waals surface area contributed by atoms with Crippen molar-refractivity contribution in [2.45, 2.75) is 26.2 Å². The van der Waals surface area contributed by atoms with Crippen LogP contribution < -0.4 is 9.80 Å². The molecule has 0 spiro atoms. The molecule has 272 valence electrons. The largest absolute Gasteiger partial charge is 0.454 e. The Morgan fingerprint density at radius 2 is 1.00 bits per heavy atom. The Balaban J connectivity index is 1.12. The van der Waals surface area contributed by atoms with Crippen molar-refractivity contribution < 1.29 is 4.42 Å². The zero-order valence-electron chi connectivity index (χ0n) is 32.2. The predicted octanol–water partition coefficient (Wildman–Crippen LogP) is 15.4. The number of hydrogen-bond donors (Lipinski definition) is 0. The minimum absolute atomic E-state index is 0.274. The van der Waals surface area contributed by atoms with E-state index >= 15 is 0 Å². The molecule has 0 fully saturated rings. The highest BCUT2D eigenvalue weighted by Gasteiger charge is 2.36. The number of anilines is 6. The lowest BCUT2D eigenvalue weighted by Gasteiger charge is -2.37. The van der Waals surface area contributed by atoms with Crippen LogP contribution in [-0.2, 0) is 5.41 Å². The fourth-order valence-electron chi connectivity index (χ4n) is 9.51. The number of fused-ring (bicyclic) bond motifs is 7. The molecule has 9 aromatic carbocycles. The second-order valence-corrected chi connectivity index (χ2v) is 15.7. The molecule has 0 radical (unpaired) electrons. The van der Waals surface area contributed by atoms with Gasteiger partial charge in [-0.05, 0) is 129 Å². The number of rotatable bonds is 6. The second-order valence-electron chi connectivity index (χ2n) is 15.7. The molecule has 0 aliphatic heterocycles. The van der Waals surface area contributed by atoms with Crippen molar-refractivity contribution in [2.75, 3.05) is 9.80 Å². The highest BCUT2D eigenvalue weighted by molar-refractivity contribution is 6.19. The number of benzene rings is 9. The molecule has 1 aliphatic carbocycles. The van der Waals surface area contributed by atoms with Crippen LogP contribution in [0.3, 0.4) is 0 Å². The van der Waals surface area contributed by atoms with Gasteiger partial charge in [0.1, 0.15) is 5.58 Å². The summed E-state index contributed by atoms with van der Waals surface area (Å²) in [6, 6.07) is 67.8. The monoisotopic (exact) mass is 732 g/mol. The summed E-state index contributed by atoms with van der Waals surface area (Å²) in [5.74, 6) is 0. The molecule has 1 heterocycles. The van der Waals surface area contributed by atoms with Crippen LogP contribution >= 0.6 is 0 Å². The van der Waals surface area contributed by atoms with Gasteiger partial charge in [0.05, 0.1) is 5.69 Å². The van der Waals surface area contributed by atoms with Gasteiger partial charge in [-0.15, -0.1) is 0 Å². The molecule has 10 aromatic rings. The number of hydrogen-bond acceptors (Lipinski definition) is 3. The van der Waals surface area contributed by atoms with Gasteiger partial charge >= 0.3 is 0 Å². The average molecular weight is 733 g/mol. The van der Waals surface area contributed by atoms with Crippen LogP contribution in [-0.4, -0.2) is 0 Å². The van der Waals surface area contributed by atoms with E-state index in [1.54, 1.807) is 0 Å². The second kappa shape index (κ2) is 12.7. The van der Waals surface area contributed by atoms with Crippen molar-refractivity contribution in [2.24, 2.45) is 0 Å². The van der Waals surface area contributed by atoms with E-state index in [0.29, 0.717) is 0 Å². The standard InChI is InChI=1S/C54H40N2O/c1-35-41-31-29-39(55(36-17-7-4-8-18-36)37-19-9-5-10-20-37)33-46(41)43-24-15-26-47-52(43)51(35)45-32-30-40(34-48(45)54(47,2)3)56(38-21-11-6-12-22-38)49-27-16-25-44-42-23-13-14-28-50(42)57-53(44)49/h4-34H,1-3H3. The highest BCUT2D eigenvalue weighted by atomic mass is 16.3. The van der Waals surface area contributed by atoms with Crippen molar-refractivity contribution in [3.8, 4) is 11.1 Å². The third-order valence-electron chi connectivity index (χ3n) is 12.2. The SMILES string of the molecule is Cc1c2c3c(cccc3c3cc(N(c4ccccc4)c4ccccc4)ccc13)C(C)(C)c1cc(N(c3ccccc3)c3cccc4c3oc3ccccc34)ccc1-2. The summed E-state index contributed by atoms with van der Waals surface area (Å²) < 4.78 is 6.63. The lowest BCUT2D eigenvalue weighted by molar-refractivity contribution is 0.645. The molecule has 3 heteroatoms. The topological polar surface area (TPSA) is 19.6 Å². The fourth-order valence-corrected chi connectivity index (χ4v) is 9.51. The minimum atomic E-state index is -0.274. The summed E-state index contributed by atoms with van der Waals surface area (Å²) in [5.41, 5.74) is 14.7. The lowest BCUT2D eigenvalue weighted by atomic mass is 9.67. The van der Waals surface area contributed by atoms with E-state index in [9.17, 15) is 0 Å². The van der Waals surface area contributed by atoms with Gasteiger partial charge in [-0.1, -0.05) is 129 Å². The van der Waals surface area contributed by atoms with Gasteiger partial charge in [0.2, 0.25) is 0 Å². The van der Waals surface area contributed by atoms with Crippen LogP contribution in [0.5, 0.6) is 0 Å². The van der Waals surface area contributed by atoms with Gasteiger partial charge in [-0.2, -0.15) is 0 Å². The maximum Gasteiger partial charge on any atom is 0.159 e. The number of para-hydroxylation sites is 5. The number of aryl methyl sites for hydroxylation is 1. The molecule has 0 unspecified atom stereocenters. The summed E-state index contributed by atoms with van der Waals surface area (Å²) in [5, 5.41) is 7.42. The quantitative estimate of drug-likeness (QED) is 0.159. The molecule has 1 aromatic heterocycles. The molecule has 0 saturated carbocycles. The van der Waals surface area contributed by atoms with Gasteiger partial charge in [-0.3, -0.25) is 0 Å². The van der Waals surface area contributed by atoms with Crippen LogP contribution in [0.25, 0.3) is 54.6 Å². The zero-order valence-corrected chi connectivity index (χ0v) is 32.2. The third-order valence-corrected chi connectivity index (χ3v) is 12.2. The van der Waals surface area contributed by atoms with Gasteiger partial charge in [-0.25, -0.2) is 0 Å². The Kier molecular flexibility index (Phi) is 7.42. The molecule has 0 amide bonds. The van der Waals surface area contributed by atoms with Crippen LogP contribution in [0, 0.1) is 6.92 Å². The fraction of sp³-hybridized carbons (Fsp3) is 0.0741. The Labute approximate surface area is 332 Å². The molecule has 11 rings (SSSR count). The first kappa shape index (κ1) is 33.3. The van der Waals surface area contributed by atoms with Crippen molar-refractivity contribution >= 4 is 77.6 Å². The molecule has 3 nitrogen and oxygen atoms in total. The van der Waals surface area contributed by atoms with E-state index in [1.807, 2.05) is 6.07 Å². The van der Waals surface area contributed by atoms with Crippen molar-refractivity contribution in [1.82, 2.24) is 0 Å². The Bertz CT molecular complexity index is 3120. The van der Waals surface area contributed by atoms with Crippen molar-refractivity contribution in [3.05, 3.63) is 205 Å². The Morgan fingerprint density at radius 3 is 1.72 bits per heavy atom. The number of nitrogens with zero attached hydrogens (tertiary/aromatic N) is 2. The van der Waals surface area contributed by atoms with Crippen LogP contribution in [0.1, 0.15) is 30.5 Å². The van der Waals surface area contributed by atoms with Gasteiger partial charge in [0.25, 0.3) is 0 Å². The van der Waals surface area contributed by atoms with E-state index < -0.39 is 0 Å². The van der Waals surface area contributed by atoms with Crippen molar-refractivity contribution in [3.63, 3.8) is 0 Å². The molecule has 57 heavy (non-hydrogen) atoms. The van der Waals surface area contributed by atoms with Crippen LogP contribution in [0.2, 0.25) is 0 Å². The highest BCUT2D eigenvalue weighted by Crippen LogP contribution is 2.54. The lowest BCUT2D eigenvalue weighted by Crippen LogP contribution is -2.25.